The van der Waals surface area contributed by atoms with E-state index in [9.17, 15) is 4.79 Å². The van der Waals surface area contributed by atoms with Gasteiger partial charge in [0, 0.05) is 11.4 Å². The molecule has 16 heavy (non-hydrogen) atoms. The third-order valence-electron chi connectivity index (χ3n) is 1.95. The van der Waals surface area contributed by atoms with Gasteiger partial charge in [0.1, 0.15) is 0 Å². The molecule has 0 bridgehead atoms. The topological polar surface area (TPSA) is 81.1 Å². The molecule has 0 saturated carbocycles. The van der Waals surface area contributed by atoms with E-state index in [0.29, 0.717) is 5.13 Å². The van der Waals surface area contributed by atoms with Gasteiger partial charge in [0.2, 0.25) is 0 Å². The minimum atomic E-state index is -0.310. The first-order valence-corrected chi connectivity index (χ1v) is 5.60. The Labute approximate surface area is 96.3 Å². The number of carbonyl (C=O) groups excluding carboxylic acids is 1. The number of nitrogens with one attached hydrogen (secondary N) is 1. The van der Waals surface area contributed by atoms with Crippen LogP contribution in [-0.2, 0) is 0 Å². The second-order valence-electron chi connectivity index (χ2n) is 3.30. The van der Waals surface area contributed by atoms with Crippen LogP contribution < -0.4 is 11.1 Å². The molecule has 0 aliphatic carbocycles. The van der Waals surface area contributed by atoms with Crippen molar-refractivity contribution in [2.75, 3.05) is 5.32 Å². The van der Waals surface area contributed by atoms with Crippen LogP contribution >= 0.6 is 11.3 Å². The van der Waals surface area contributed by atoms with Crippen LogP contribution in [0.3, 0.4) is 0 Å². The largest absolute Gasteiger partial charge is 0.459 e. The maximum absolute atomic E-state index is 11.6. The lowest BCUT2D eigenvalue weighted by Crippen LogP contribution is -2.11. The van der Waals surface area contributed by atoms with Crippen molar-refractivity contribution >= 4 is 22.4 Å². The molecule has 84 valence electrons. The number of nitrogens with two attached hydrogens (primary N) is 1. The fourth-order valence-electron chi connectivity index (χ4n) is 1.12. The summed E-state index contributed by atoms with van der Waals surface area (Å²) in [5.74, 6) is -0.0480. The lowest BCUT2D eigenvalue weighted by molar-refractivity contribution is 0.0996. The van der Waals surface area contributed by atoms with Gasteiger partial charge in [0.05, 0.1) is 12.0 Å². The fraction of sp³-hybridized carbons (Fsp3) is 0.200. The van der Waals surface area contributed by atoms with Gasteiger partial charge in [-0.05, 0) is 19.1 Å². The van der Waals surface area contributed by atoms with E-state index in [4.69, 9.17) is 10.2 Å². The van der Waals surface area contributed by atoms with Gasteiger partial charge in [-0.25, -0.2) is 4.98 Å². The molecule has 2 aromatic rings. The molecule has 0 spiro atoms. The second-order valence-corrected chi connectivity index (χ2v) is 4.16. The molecule has 0 aromatic carbocycles. The maximum atomic E-state index is 11.6. The number of anilines is 1. The molecule has 2 heterocycles. The molecule has 0 aliphatic rings. The Balaban J connectivity index is 2.07. The van der Waals surface area contributed by atoms with Gasteiger partial charge in [-0.3, -0.25) is 10.1 Å². The minimum Gasteiger partial charge on any atom is -0.459 e. The summed E-state index contributed by atoms with van der Waals surface area (Å²) in [7, 11) is 0. The number of amides is 1. The molecule has 0 saturated heterocycles. The molecule has 6 heteroatoms. The Bertz CT molecular complexity index is 476. The van der Waals surface area contributed by atoms with Crippen molar-refractivity contribution in [1.29, 1.82) is 0 Å². The highest BCUT2D eigenvalue weighted by atomic mass is 32.1. The summed E-state index contributed by atoms with van der Waals surface area (Å²) in [6.45, 7) is 1.84. The first-order valence-electron chi connectivity index (χ1n) is 4.72. The Morgan fingerprint density at radius 2 is 2.50 bits per heavy atom. The van der Waals surface area contributed by atoms with E-state index in [-0.39, 0.29) is 17.7 Å². The van der Waals surface area contributed by atoms with Crippen molar-refractivity contribution in [3.05, 3.63) is 35.2 Å². The van der Waals surface area contributed by atoms with E-state index in [1.165, 1.54) is 17.6 Å². The standard InChI is InChI=1S/C10H11N3O2S/c1-6(11)7-5-16-10(12-7)13-9(14)8-3-2-4-15-8/h2-6H,11H2,1H3,(H,12,13,14). The highest BCUT2D eigenvalue weighted by Crippen LogP contribution is 2.19. The lowest BCUT2D eigenvalue weighted by Gasteiger charge is -1.99. The maximum Gasteiger partial charge on any atom is 0.293 e. The number of hydrogen-bond acceptors (Lipinski definition) is 5. The summed E-state index contributed by atoms with van der Waals surface area (Å²) in [4.78, 5) is 15.8. The van der Waals surface area contributed by atoms with Gasteiger partial charge in [-0.15, -0.1) is 11.3 Å². The van der Waals surface area contributed by atoms with Crippen LogP contribution in [0.1, 0.15) is 29.2 Å². The highest BCUT2D eigenvalue weighted by Gasteiger charge is 2.12. The number of hydrogen-bond donors (Lipinski definition) is 2. The third kappa shape index (κ3) is 2.29. The van der Waals surface area contributed by atoms with Gasteiger partial charge in [0.15, 0.2) is 10.9 Å². The van der Waals surface area contributed by atoms with E-state index >= 15 is 0 Å². The molecular weight excluding hydrogens is 226 g/mol. The van der Waals surface area contributed by atoms with Crippen LogP contribution in [0.4, 0.5) is 5.13 Å². The third-order valence-corrected chi connectivity index (χ3v) is 2.73. The SMILES string of the molecule is CC(N)c1csc(NC(=O)c2ccco2)n1. The van der Waals surface area contributed by atoms with E-state index < -0.39 is 0 Å². The predicted octanol–water partition coefficient (Wildman–Crippen LogP) is 2.01. The van der Waals surface area contributed by atoms with Gasteiger partial charge in [-0.2, -0.15) is 0 Å². The number of thiazole rings is 1. The van der Waals surface area contributed by atoms with Crippen molar-refractivity contribution in [2.24, 2.45) is 5.73 Å². The van der Waals surface area contributed by atoms with Crippen molar-refractivity contribution < 1.29 is 9.21 Å². The lowest BCUT2D eigenvalue weighted by atomic mass is 10.3. The number of carbonyl (C=O) groups is 1. The fourth-order valence-corrected chi connectivity index (χ4v) is 1.93. The summed E-state index contributed by atoms with van der Waals surface area (Å²) in [5, 5.41) is 4.98. The van der Waals surface area contributed by atoms with Crippen LogP contribution in [0.15, 0.2) is 28.2 Å². The molecule has 0 aliphatic heterocycles. The molecule has 3 N–H and O–H groups in total. The van der Waals surface area contributed by atoms with Crippen molar-refractivity contribution in [2.45, 2.75) is 13.0 Å². The van der Waals surface area contributed by atoms with Crippen LogP contribution in [-0.4, -0.2) is 10.9 Å². The summed E-state index contributed by atoms with van der Waals surface area (Å²) in [6, 6.07) is 3.12. The number of nitrogens with zero attached hydrogens (tertiary/aromatic N) is 1. The zero-order valence-corrected chi connectivity index (χ0v) is 9.45. The van der Waals surface area contributed by atoms with E-state index in [0.717, 1.165) is 5.69 Å². The Morgan fingerprint density at radius 1 is 1.69 bits per heavy atom. The molecular formula is C10H11N3O2S. The van der Waals surface area contributed by atoms with Gasteiger partial charge in [0.25, 0.3) is 5.91 Å². The second kappa shape index (κ2) is 4.46. The molecule has 5 nitrogen and oxygen atoms in total. The molecule has 0 fully saturated rings. The van der Waals surface area contributed by atoms with Crippen LogP contribution in [0.5, 0.6) is 0 Å². The van der Waals surface area contributed by atoms with Crippen molar-refractivity contribution in [3.8, 4) is 0 Å². The van der Waals surface area contributed by atoms with Gasteiger partial charge >= 0.3 is 0 Å². The molecule has 2 aromatic heterocycles. The zero-order chi connectivity index (χ0) is 11.5. The van der Waals surface area contributed by atoms with Crippen LogP contribution in [0.25, 0.3) is 0 Å². The normalized spacial score (nSPS) is 12.4. The summed E-state index contributed by atoms with van der Waals surface area (Å²) < 4.78 is 4.96. The Morgan fingerprint density at radius 3 is 3.06 bits per heavy atom. The summed E-state index contributed by atoms with van der Waals surface area (Å²) in [6.07, 6.45) is 1.45. The molecule has 2 rings (SSSR count). The average Bonchev–Trinajstić information content (AvgIpc) is 2.87. The van der Waals surface area contributed by atoms with Crippen molar-refractivity contribution in [1.82, 2.24) is 4.98 Å². The average molecular weight is 237 g/mol. The summed E-state index contributed by atoms with van der Waals surface area (Å²) >= 11 is 1.34. The molecule has 0 radical (unpaired) electrons. The van der Waals surface area contributed by atoms with E-state index in [1.807, 2.05) is 12.3 Å². The molecule has 1 unspecified atom stereocenters. The zero-order valence-electron chi connectivity index (χ0n) is 8.64. The monoisotopic (exact) mass is 237 g/mol. The minimum absolute atomic E-state index is 0.134. The highest BCUT2D eigenvalue weighted by molar-refractivity contribution is 7.14. The quantitative estimate of drug-likeness (QED) is 0.855. The van der Waals surface area contributed by atoms with Gasteiger partial charge in [-0.1, -0.05) is 0 Å². The Hall–Kier alpha value is -1.66. The van der Waals surface area contributed by atoms with Crippen molar-refractivity contribution in [3.63, 3.8) is 0 Å². The molecule has 1 amide bonds. The van der Waals surface area contributed by atoms with Gasteiger partial charge < -0.3 is 10.2 Å². The number of rotatable bonds is 3. The molecule has 1 atom stereocenters. The Kier molecular flexibility index (Phi) is 3.02. The van der Waals surface area contributed by atoms with Crippen LogP contribution in [0.2, 0.25) is 0 Å². The van der Waals surface area contributed by atoms with E-state index in [1.54, 1.807) is 12.1 Å². The smallest absolute Gasteiger partial charge is 0.293 e. The number of furan rings is 1. The van der Waals surface area contributed by atoms with Crippen LogP contribution in [0, 0.1) is 0 Å². The first kappa shape index (κ1) is 10.8. The number of aromatic nitrogens is 1. The summed E-state index contributed by atoms with van der Waals surface area (Å²) in [5.41, 5.74) is 6.43. The van der Waals surface area contributed by atoms with E-state index in [2.05, 4.69) is 10.3 Å². The predicted molar refractivity (Wildman–Crippen MR) is 61.4 cm³/mol. The first-order chi connectivity index (χ1) is 7.66.